The number of carboxylic acid groups (broad SMARTS) is 1. The van der Waals surface area contributed by atoms with Crippen molar-refractivity contribution in [2.24, 2.45) is 22.9 Å². The molecule has 222 valence electrons. The van der Waals surface area contributed by atoms with Crippen LogP contribution in [0.25, 0.3) is 0 Å². The third kappa shape index (κ3) is 6.74. The fourth-order valence-electron chi connectivity index (χ4n) is 6.86. The quantitative estimate of drug-likeness (QED) is 0.353. The molecular weight excluding hydrogens is 564 g/mol. The summed E-state index contributed by atoms with van der Waals surface area (Å²) in [7, 11) is -3.53. The topological polar surface area (TPSA) is 130 Å². The van der Waals surface area contributed by atoms with E-state index in [2.05, 4.69) is 17.0 Å². The number of halogens is 1. The van der Waals surface area contributed by atoms with Gasteiger partial charge in [-0.05, 0) is 97.7 Å². The predicted octanol–water partition coefficient (Wildman–Crippen LogP) is 4.77. The molecule has 0 radical (unpaired) electrons. The zero-order valence-electron chi connectivity index (χ0n) is 23.3. The molecule has 0 amide bonds. The number of sulfonamides is 1. The van der Waals surface area contributed by atoms with Gasteiger partial charge in [-0.15, -0.1) is 0 Å². The Morgan fingerprint density at radius 2 is 2.07 bits per heavy atom. The molecule has 0 saturated heterocycles. The summed E-state index contributed by atoms with van der Waals surface area (Å²) in [5, 5.41) is 26.6. The minimum atomic E-state index is -3.53. The lowest BCUT2D eigenvalue weighted by Gasteiger charge is -2.45. The Bertz CT molecular complexity index is 1430. The SMILES string of the molecule is C[C@@H](C/C=C/[C@H](O)[C@@H]1CC[C@H]1CN1CC2(CCCc3cc(Cl)ccc32)COc2ccc(C(=O)O)cc21)CS(N)(=O)=O. The van der Waals surface area contributed by atoms with Crippen LogP contribution in [0, 0.1) is 17.8 Å². The summed E-state index contributed by atoms with van der Waals surface area (Å²) in [4.78, 5) is 14.2. The van der Waals surface area contributed by atoms with Crippen LogP contribution in [0.2, 0.25) is 5.02 Å². The van der Waals surface area contributed by atoms with Crippen molar-refractivity contribution < 1.29 is 28.2 Å². The highest BCUT2D eigenvalue weighted by Gasteiger charge is 2.44. The Kier molecular flexibility index (Phi) is 8.71. The van der Waals surface area contributed by atoms with Crippen molar-refractivity contribution in [2.75, 3.05) is 30.3 Å². The first-order valence-corrected chi connectivity index (χ1v) is 16.4. The van der Waals surface area contributed by atoms with Gasteiger partial charge in [0.2, 0.25) is 10.0 Å². The lowest BCUT2D eigenvalue weighted by molar-refractivity contribution is 0.0456. The summed E-state index contributed by atoms with van der Waals surface area (Å²) in [6.07, 6.45) is 8.29. The number of ether oxygens (including phenoxy) is 1. The molecule has 2 aromatic rings. The maximum atomic E-state index is 11.9. The van der Waals surface area contributed by atoms with Gasteiger partial charge in [0.25, 0.3) is 0 Å². The number of allylic oxidation sites excluding steroid dienone is 1. The molecule has 1 fully saturated rings. The van der Waals surface area contributed by atoms with Crippen molar-refractivity contribution in [3.63, 3.8) is 0 Å². The molecule has 1 unspecified atom stereocenters. The average molecular weight is 603 g/mol. The van der Waals surface area contributed by atoms with Crippen LogP contribution in [0.1, 0.15) is 60.5 Å². The number of hydrogen-bond acceptors (Lipinski definition) is 6. The van der Waals surface area contributed by atoms with E-state index in [1.165, 1.54) is 11.1 Å². The van der Waals surface area contributed by atoms with E-state index in [0.717, 1.165) is 42.8 Å². The first kappa shape index (κ1) is 29.9. The second-order valence-electron chi connectivity index (χ2n) is 12.2. The largest absolute Gasteiger partial charge is 0.490 e. The highest BCUT2D eigenvalue weighted by Crippen LogP contribution is 2.46. The average Bonchev–Trinajstić information content (AvgIpc) is 3.02. The standard InChI is InChI=1S/C31H39ClN2O6S/c1-20(17-41(33,38)39)4-2-6-28(35)25-10-7-23(25)16-34-18-31(13-3-5-21-14-24(32)9-11-26(21)31)19-40-29-12-8-22(30(36)37)15-27(29)34/h2,6,8-9,11-12,14-15,20,23,25,28,35H,3-5,7,10,13,16-19H2,1H3,(H,36,37)(H2,33,38,39)/b6-2+/t20-,23-,25+,28-,31?/m0/s1. The van der Waals surface area contributed by atoms with Crippen molar-refractivity contribution in [3.05, 3.63) is 70.3 Å². The monoisotopic (exact) mass is 602 g/mol. The molecule has 0 aromatic heterocycles. The van der Waals surface area contributed by atoms with Crippen molar-refractivity contribution in [2.45, 2.75) is 57.0 Å². The van der Waals surface area contributed by atoms with Crippen LogP contribution < -0.4 is 14.8 Å². The van der Waals surface area contributed by atoms with Crippen molar-refractivity contribution in [1.29, 1.82) is 0 Å². The molecule has 1 aliphatic heterocycles. The smallest absolute Gasteiger partial charge is 0.335 e. The fourth-order valence-corrected chi connectivity index (χ4v) is 7.98. The fraction of sp³-hybridized carbons (Fsp3) is 0.516. The number of nitrogens with zero attached hydrogens (tertiary/aromatic N) is 1. The molecule has 41 heavy (non-hydrogen) atoms. The first-order valence-electron chi connectivity index (χ1n) is 14.3. The summed E-state index contributed by atoms with van der Waals surface area (Å²) in [6, 6.07) is 11.2. The van der Waals surface area contributed by atoms with Crippen LogP contribution in [0.3, 0.4) is 0 Å². The number of carbonyl (C=O) groups is 1. The van der Waals surface area contributed by atoms with Gasteiger partial charge in [0.15, 0.2) is 0 Å². The van der Waals surface area contributed by atoms with E-state index < -0.39 is 22.1 Å². The molecule has 8 nitrogen and oxygen atoms in total. The van der Waals surface area contributed by atoms with Crippen LogP contribution in [0.5, 0.6) is 5.75 Å². The summed E-state index contributed by atoms with van der Waals surface area (Å²) in [6.45, 7) is 3.66. The second-order valence-corrected chi connectivity index (χ2v) is 14.3. The Morgan fingerprint density at radius 3 is 2.78 bits per heavy atom. The molecule has 3 aliphatic rings. The highest BCUT2D eigenvalue weighted by atomic mass is 35.5. The summed E-state index contributed by atoms with van der Waals surface area (Å²) in [5.41, 5.74) is 3.20. The minimum Gasteiger partial charge on any atom is -0.490 e. The third-order valence-corrected chi connectivity index (χ3v) is 10.3. The number of rotatable bonds is 9. The number of aliphatic hydroxyl groups is 1. The van der Waals surface area contributed by atoms with Gasteiger partial charge in [-0.25, -0.2) is 18.4 Å². The van der Waals surface area contributed by atoms with E-state index in [4.69, 9.17) is 21.5 Å². The molecule has 4 N–H and O–H groups in total. The van der Waals surface area contributed by atoms with Crippen LogP contribution in [-0.4, -0.2) is 56.2 Å². The minimum absolute atomic E-state index is 0.0588. The first-order chi connectivity index (χ1) is 19.4. The van der Waals surface area contributed by atoms with E-state index in [9.17, 15) is 23.4 Å². The van der Waals surface area contributed by atoms with Crippen LogP contribution in [0.15, 0.2) is 48.6 Å². The highest BCUT2D eigenvalue weighted by molar-refractivity contribution is 7.89. The molecule has 0 bridgehead atoms. The maximum absolute atomic E-state index is 11.9. The van der Waals surface area contributed by atoms with E-state index in [-0.39, 0.29) is 34.5 Å². The zero-order chi connectivity index (χ0) is 29.4. The molecule has 5 rings (SSSR count). The van der Waals surface area contributed by atoms with Gasteiger partial charge in [-0.2, -0.15) is 0 Å². The zero-order valence-corrected chi connectivity index (χ0v) is 24.9. The molecule has 5 atom stereocenters. The predicted molar refractivity (Wildman–Crippen MR) is 160 cm³/mol. The summed E-state index contributed by atoms with van der Waals surface area (Å²) >= 11 is 6.35. The number of nitrogens with two attached hydrogens (primary N) is 1. The molecule has 10 heteroatoms. The number of hydrogen-bond donors (Lipinski definition) is 3. The number of aromatic carboxylic acids is 1. The van der Waals surface area contributed by atoms with Crippen molar-refractivity contribution in [1.82, 2.24) is 0 Å². The van der Waals surface area contributed by atoms with Crippen molar-refractivity contribution >= 4 is 33.3 Å². The number of primary sulfonamides is 1. The second kappa shape index (κ2) is 12.0. The van der Waals surface area contributed by atoms with E-state index in [0.29, 0.717) is 31.9 Å². The molecule has 1 heterocycles. The number of carboxylic acids is 1. The number of anilines is 1. The van der Waals surface area contributed by atoms with E-state index in [1.54, 1.807) is 24.3 Å². The Labute approximate surface area is 247 Å². The summed E-state index contributed by atoms with van der Waals surface area (Å²) < 4.78 is 29.1. The van der Waals surface area contributed by atoms with Crippen LogP contribution >= 0.6 is 11.6 Å². The molecular formula is C31H39ClN2O6S. The van der Waals surface area contributed by atoms with Crippen LogP contribution in [-0.2, 0) is 21.9 Å². The van der Waals surface area contributed by atoms with Crippen molar-refractivity contribution in [3.8, 4) is 5.75 Å². The van der Waals surface area contributed by atoms with Gasteiger partial charge in [-0.3, -0.25) is 0 Å². The Hall–Kier alpha value is -2.59. The molecule has 1 spiro atoms. The Morgan fingerprint density at radius 1 is 1.27 bits per heavy atom. The van der Waals surface area contributed by atoms with E-state index in [1.807, 2.05) is 19.1 Å². The lowest BCUT2D eigenvalue weighted by Crippen LogP contribution is -2.49. The number of fused-ring (bicyclic) bond motifs is 3. The Balaban J connectivity index is 1.38. The molecule has 2 aromatic carbocycles. The third-order valence-electron chi connectivity index (χ3n) is 9.04. The molecule has 2 aliphatic carbocycles. The van der Waals surface area contributed by atoms with Gasteiger partial charge < -0.3 is 19.8 Å². The summed E-state index contributed by atoms with van der Waals surface area (Å²) in [5.74, 6) is -0.265. The molecule has 1 saturated carbocycles. The van der Waals surface area contributed by atoms with E-state index >= 15 is 0 Å². The van der Waals surface area contributed by atoms with Gasteiger partial charge in [0.05, 0.1) is 29.7 Å². The van der Waals surface area contributed by atoms with Gasteiger partial charge in [0.1, 0.15) is 5.75 Å². The number of benzene rings is 2. The van der Waals surface area contributed by atoms with Crippen LogP contribution in [0.4, 0.5) is 5.69 Å². The maximum Gasteiger partial charge on any atom is 0.335 e. The van der Waals surface area contributed by atoms with Gasteiger partial charge in [0, 0.05) is 23.5 Å². The van der Waals surface area contributed by atoms with Gasteiger partial charge in [-0.1, -0.05) is 36.7 Å². The number of aliphatic hydroxyl groups excluding tert-OH is 1. The number of aryl methyl sites for hydroxylation is 1. The lowest BCUT2D eigenvalue weighted by atomic mass is 9.68. The normalized spacial score (nSPS) is 25.5. The van der Waals surface area contributed by atoms with Gasteiger partial charge >= 0.3 is 5.97 Å².